The summed E-state index contributed by atoms with van der Waals surface area (Å²) in [5, 5.41) is 4.25. The van der Waals surface area contributed by atoms with Crippen molar-refractivity contribution in [1.82, 2.24) is 10.3 Å². The van der Waals surface area contributed by atoms with E-state index < -0.39 is 18.6 Å². The van der Waals surface area contributed by atoms with Gasteiger partial charge >= 0.3 is 6.18 Å². The third kappa shape index (κ3) is 3.84. The standard InChI is InChI=1S/C14H14ClF3N2/c1-9(7-14(16,17)18)20-8-10-4-5-12(15)11-3-2-6-19-13(10)11/h2-6,9,20H,7-8H2,1H3. The molecule has 1 atom stereocenters. The van der Waals surface area contributed by atoms with Gasteiger partial charge in [-0.25, -0.2) is 0 Å². The molecule has 2 rings (SSSR count). The Kier molecular flexibility index (Phi) is 4.50. The van der Waals surface area contributed by atoms with Gasteiger partial charge in [-0.3, -0.25) is 4.98 Å². The van der Waals surface area contributed by atoms with E-state index in [-0.39, 0.29) is 0 Å². The minimum atomic E-state index is -4.16. The number of nitrogens with one attached hydrogen (secondary N) is 1. The van der Waals surface area contributed by atoms with Crippen molar-refractivity contribution in [3.05, 3.63) is 41.0 Å². The van der Waals surface area contributed by atoms with Crippen LogP contribution in [0.4, 0.5) is 13.2 Å². The van der Waals surface area contributed by atoms with Crippen molar-refractivity contribution in [2.24, 2.45) is 0 Å². The molecule has 0 amide bonds. The van der Waals surface area contributed by atoms with Crippen LogP contribution in [0.25, 0.3) is 10.9 Å². The van der Waals surface area contributed by atoms with Crippen LogP contribution in [-0.2, 0) is 6.54 Å². The summed E-state index contributed by atoms with van der Waals surface area (Å²) in [5.74, 6) is 0. The average molecular weight is 303 g/mol. The molecular formula is C14H14ClF3N2. The van der Waals surface area contributed by atoms with E-state index in [2.05, 4.69) is 10.3 Å². The lowest BCUT2D eigenvalue weighted by atomic mass is 10.1. The van der Waals surface area contributed by atoms with Crippen molar-refractivity contribution in [3.8, 4) is 0 Å². The maximum Gasteiger partial charge on any atom is 0.390 e. The van der Waals surface area contributed by atoms with E-state index in [0.717, 1.165) is 10.9 Å². The highest BCUT2D eigenvalue weighted by atomic mass is 35.5. The lowest BCUT2D eigenvalue weighted by Gasteiger charge is -2.16. The van der Waals surface area contributed by atoms with Gasteiger partial charge in [-0.2, -0.15) is 13.2 Å². The van der Waals surface area contributed by atoms with Crippen LogP contribution >= 0.6 is 11.6 Å². The van der Waals surface area contributed by atoms with Crippen LogP contribution in [-0.4, -0.2) is 17.2 Å². The zero-order valence-electron chi connectivity index (χ0n) is 10.8. The first kappa shape index (κ1) is 15.1. The van der Waals surface area contributed by atoms with Gasteiger partial charge < -0.3 is 5.32 Å². The molecule has 108 valence electrons. The molecule has 20 heavy (non-hydrogen) atoms. The fourth-order valence-electron chi connectivity index (χ4n) is 2.04. The fourth-order valence-corrected chi connectivity index (χ4v) is 2.26. The molecule has 0 spiro atoms. The van der Waals surface area contributed by atoms with E-state index in [1.807, 2.05) is 6.07 Å². The van der Waals surface area contributed by atoms with Gasteiger partial charge in [0.15, 0.2) is 0 Å². The summed E-state index contributed by atoms with van der Waals surface area (Å²) in [6.07, 6.45) is -3.38. The Bertz CT molecular complexity index is 598. The molecule has 0 aliphatic carbocycles. The molecule has 0 saturated carbocycles. The monoisotopic (exact) mass is 302 g/mol. The summed E-state index contributed by atoms with van der Waals surface area (Å²) >= 11 is 6.07. The number of hydrogen-bond acceptors (Lipinski definition) is 2. The second-order valence-electron chi connectivity index (χ2n) is 4.71. The third-order valence-corrected chi connectivity index (χ3v) is 3.31. The molecule has 0 bridgehead atoms. The molecule has 2 nitrogen and oxygen atoms in total. The smallest absolute Gasteiger partial charge is 0.310 e. The van der Waals surface area contributed by atoms with Crippen molar-refractivity contribution >= 4 is 22.5 Å². The van der Waals surface area contributed by atoms with E-state index in [9.17, 15) is 13.2 Å². The number of pyridine rings is 1. The Hall–Kier alpha value is -1.33. The van der Waals surface area contributed by atoms with Crippen molar-refractivity contribution in [2.45, 2.75) is 32.1 Å². The fraction of sp³-hybridized carbons (Fsp3) is 0.357. The summed E-state index contributed by atoms with van der Waals surface area (Å²) in [7, 11) is 0. The Morgan fingerprint density at radius 1 is 1.30 bits per heavy atom. The zero-order chi connectivity index (χ0) is 14.8. The number of aromatic nitrogens is 1. The molecule has 1 heterocycles. The Balaban J connectivity index is 2.13. The number of halogens is 4. The maximum absolute atomic E-state index is 12.3. The zero-order valence-corrected chi connectivity index (χ0v) is 11.6. The van der Waals surface area contributed by atoms with Gasteiger partial charge in [0.05, 0.1) is 11.9 Å². The van der Waals surface area contributed by atoms with E-state index in [1.165, 1.54) is 6.92 Å². The number of hydrogen-bond donors (Lipinski definition) is 1. The van der Waals surface area contributed by atoms with Gasteiger partial charge in [0.25, 0.3) is 0 Å². The van der Waals surface area contributed by atoms with Gasteiger partial charge in [-0.15, -0.1) is 0 Å². The van der Waals surface area contributed by atoms with Crippen LogP contribution in [0.2, 0.25) is 5.02 Å². The normalized spacial score (nSPS) is 13.7. The minimum absolute atomic E-state index is 0.321. The summed E-state index contributed by atoms with van der Waals surface area (Å²) in [6.45, 7) is 1.83. The summed E-state index contributed by atoms with van der Waals surface area (Å²) in [6, 6.07) is 6.48. The molecule has 0 aliphatic rings. The first-order chi connectivity index (χ1) is 9.37. The maximum atomic E-state index is 12.3. The molecule has 0 aliphatic heterocycles. The lowest BCUT2D eigenvalue weighted by molar-refractivity contribution is -0.139. The van der Waals surface area contributed by atoms with Crippen LogP contribution < -0.4 is 5.32 Å². The SMILES string of the molecule is CC(CC(F)(F)F)NCc1ccc(Cl)c2cccnc12. The molecule has 1 N–H and O–H groups in total. The number of rotatable bonds is 4. The first-order valence-electron chi connectivity index (χ1n) is 6.19. The molecule has 6 heteroatoms. The quantitative estimate of drug-likeness (QED) is 0.910. The molecular weight excluding hydrogens is 289 g/mol. The Morgan fingerprint density at radius 2 is 2.05 bits per heavy atom. The van der Waals surface area contributed by atoms with E-state index >= 15 is 0 Å². The van der Waals surface area contributed by atoms with Gasteiger partial charge in [0.1, 0.15) is 0 Å². The highest BCUT2D eigenvalue weighted by Gasteiger charge is 2.29. The number of fused-ring (bicyclic) bond motifs is 1. The van der Waals surface area contributed by atoms with Crippen molar-refractivity contribution in [1.29, 1.82) is 0 Å². The molecule has 0 saturated heterocycles. The van der Waals surface area contributed by atoms with Gasteiger partial charge in [-0.05, 0) is 30.7 Å². The molecule has 1 aromatic heterocycles. The van der Waals surface area contributed by atoms with Crippen molar-refractivity contribution in [2.75, 3.05) is 0 Å². The number of benzene rings is 1. The van der Waals surface area contributed by atoms with Gasteiger partial charge in [-0.1, -0.05) is 17.7 Å². The Labute approximate surface area is 120 Å². The summed E-state index contributed by atoms with van der Waals surface area (Å²) in [5.41, 5.74) is 1.55. The lowest BCUT2D eigenvalue weighted by Crippen LogP contribution is -2.30. The summed E-state index contributed by atoms with van der Waals surface area (Å²) < 4.78 is 36.8. The number of nitrogens with zero attached hydrogens (tertiary/aromatic N) is 1. The van der Waals surface area contributed by atoms with E-state index in [4.69, 9.17) is 11.6 Å². The third-order valence-electron chi connectivity index (χ3n) is 2.98. The minimum Gasteiger partial charge on any atom is -0.310 e. The van der Waals surface area contributed by atoms with E-state index in [1.54, 1.807) is 24.4 Å². The highest BCUT2D eigenvalue weighted by molar-refractivity contribution is 6.35. The average Bonchev–Trinajstić information content (AvgIpc) is 2.36. The van der Waals surface area contributed by atoms with Gasteiger partial charge in [0.2, 0.25) is 0 Å². The predicted molar refractivity (Wildman–Crippen MR) is 73.7 cm³/mol. The molecule has 1 aromatic carbocycles. The van der Waals surface area contributed by atoms with Crippen molar-refractivity contribution < 1.29 is 13.2 Å². The van der Waals surface area contributed by atoms with E-state index in [0.29, 0.717) is 17.1 Å². The van der Waals surface area contributed by atoms with Crippen molar-refractivity contribution in [3.63, 3.8) is 0 Å². The van der Waals surface area contributed by atoms with Gasteiger partial charge in [0, 0.05) is 29.2 Å². The van der Waals surface area contributed by atoms with Crippen LogP contribution in [0.15, 0.2) is 30.5 Å². The van der Waals surface area contributed by atoms with Crippen LogP contribution in [0.5, 0.6) is 0 Å². The van der Waals surface area contributed by atoms with Crippen LogP contribution in [0.3, 0.4) is 0 Å². The largest absolute Gasteiger partial charge is 0.390 e. The molecule has 0 fully saturated rings. The topological polar surface area (TPSA) is 24.9 Å². The first-order valence-corrected chi connectivity index (χ1v) is 6.57. The highest BCUT2D eigenvalue weighted by Crippen LogP contribution is 2.25. The molecule has 2 aromatic rings. The van der Waals surface area contributed by atoms with Crippen LogP contribution in [0.1, 0.15) is 18.9 Å². The summed E-state index contributed by atoms with van der Waals surface area (Å²) in [4.78, 5) is 4.25. The molecule has 1 unspecified atom stereocenters. The van der Waals surface area contributed by atoms with Crippen LogP contribution in [0, 0.1) is 0 Å². The Morgan fingerprint density at radius 3 is 2.75 bits per heavy atom. The molecule has 0 radical (unpaired) electrons. The second-order valence-corrected chi connectivity index (χ2v) is 5.11. The predicted octanol–water partition coefficient (Wildman–Crippen LogP) is 4.32. The second kappa shape index (κ2) is 5.97. The number of alkyl halides is 3.